The number of hydrogen-bond donors (Lipinski definition) is 1. The van der Waals surface area contributed by atoms with E-state index in [0.29, 0.717) is 6.42 Å². The van der Waals surface area contributed by atoms with Gasteiger partial charge in [0.05, 0.1) is 5.75 Å². The molecule has 1 unspecified atom stereocenters. The van der Waals surface area contributed by atoms with Crippen LogP contribution >= 0.6 is 0 Å². The summed E-state index contributed by atoms with van der Waals surface area (Å²) in [7, 11) is -2.81. The van der Waals surface area contributed by atoms with E-state index in [-0.39, 0.29) is 11.8 Å². The quantitative estimate of drug-likeness (QED) is 0.692. The molecule has 76 valence electrons. The highest BCUT2D eigenvalue weighted by Gasteiger charge is 2.11. The van der Waals surface area contributed by atoms with Gasteiger partial charge in [-0.3, -0.25) is 0 Å². The minimum atomic E-state index is -2.81. The molecule has 0 fully saturated rings. The smallest absolute Gasteiger partial charge is 0.147 e. The van der Waals surface area contributed by atoms with Gasteiger partial charge in [0.25, 0.3) is 0 Å². The van der Waals surface area contributed by atoms with E-state index in [4.69, 9.17) is 5.73 Å². The zero-order chi connectivity index (χ0) is 9.90. The number of allylic oxidation sites excluding steroid dienone is 1. The van der Waals surface area contributed by atoms with Crippen LogP contribution in [0.5, 0.6) is 0 Å². The monoisotopic (exact) mass is 203 g/mol. The van der Waals surface area contributed by atoms with Crippen molar-refractivity contribution >= 4 is 9.84 Å². The molecule has 0 spiro atoms. The number of hydrogen-bond acceptors (Lipinski definition) is 3. The third-order valence-electron chi connectivity index (χ3n) is 2.34. The number of nitrogens with two attached hydrogens (primary N) is 1. The Bertz CT molecular complexity index is 293. The Morgan fingerprint density at radius 3 is 2.77 bits per heavy atom. The highest BCUT2D eigenvalue weighted by Crippen LogP contribution is 2.19. The maximum absolute atomic E-state index is 10.9. The molecule has 0 aliphatic heterocycles. The van der Waals surface area contributed by atoms with Crippen LogP contribution in [0.2, 0.25) is 0 Å². The van der Waals surface area contributed by atoms with Crippen LogP contribution in [-0.4, -0.2) is 26.5 Å². The van der Waals surface area contributed by atoms with Crippen molar-refractivity contribution in [3.63, 3.8) is 0 Å². The normalized spacial score (nSPS) is 24.2. The average molecular weight is 203 g/mol. The lowest BCUT2D eigenvalue weighted by Gasteiger charge is -2.17. The molecular formula is C9H17NO2S. The van der Waals surface area contributed by atoms with Crippen molar-refractivity contribution in [3.8, 4) is 0 Å². The second-order valence-corrected chi connectivity index (χ2v) is 6.04. The third-order valence-corrected chi connectivity index (χ3v) is 3.29. The van der Waals surface area contributed by atoms with Gasteiger partial charge in [-0.05, 0) is 25.7 Å². The topological polar surface area (TPSA) is 60.2 Å². The molecule has 0 saturated heterocycles. The maximum Gasteiger partial charge on any atom is 0.147 e. The summed E-state index contributed by atoms with van der Waals surface area (Å²) in [5.41, 5.74) is 6.97. The van der Waals surface area contributed by atoms with E-state index in [2.05, 4.69) is 6.08 Å². The molecule has 0 bridgehead atoms. The minimum Gasteiger partial charge on any atom is -0.327 e. The second-order valence-electron chi connectivity index (χ2n) is 3.78. The summed E-state index contributed by atoms with van der Waals surface area (Å²) in [4.78, 5) is 0. The molecule has 3 nitrogen and oxygen atoms in total. The lowest BCUT2D eigenvalue weighted by atomic mass is 9.94. The maximum atomic E-state index is 10.9. The van der Waals surface area contributed by atoms with Gasteiger partial charge >= 0.3 is 0 Å². The van der Waals surface area contributed by atoms with Gasteiger partial charge in [-0.1, -0.05) is 11.6 Å². The minimum absolute atomic E-state index is 0.272. The van der Waals surface area contributed by atoms with Crippen LogP contribution in [0.3, 0.4) is 0 Å². The molecule has 0 aromatic heterocycles. The van der Waals surface area contributed by atoms with Crippen molar-refractivity contribution in [2.75, 3.05) is 12.0 Å². The zero-order valence-corrected chi connectivity index (χ0v) is 8.81. The predicted octanol–water partition coefficient (Wildman–Crippen LogP) is 0.859. The van der Waals surface area contributed by atoms with Gasteiger partial charge in [-0.2, -0.15) is 0 Å². The molecule has 0 aromatic carbocycles. The molecule has 4 heteroatoms. The Morgan fingerprint density at radius 2 is 2.31 bits per heavy atom. The molecule has 1 rings (SSSR count). The van der Waals surface area contributed by atoms with Crippen LogP contribution < -0.4 is 5.73 Å². The van der Waals surface area contributed by atoms with E-state index in [0.717, 1.165) is 19.3 Å². The van der Waals surface area contributed by atoms with Crippen molar-refractivity contribution in [1.29, 1.82) is 0 Å². The Morgan fingerprint density at radius 1 is 1.62 bits per heavy atom. The summed E-state index contributed by atoms with van der Waals surface area (Å²) in [6.45, 7) is 0. The van der Waals surface area contributed by atoms with Crippen LogP contribution in [-0.2, 0) is 9.84 Å². The SMILES string of the molecule is CS(=O)(=O)CCC1=CCC(N)CC1. The van der Waals surface area contributed by atoms with Crippen LogP contribution in [0, 0.1) is 0 Å². The van der Waals surface area contributed by atoms with Crippen LogP contribution in [0.4, 0.5) is 0 Å². The van der Waals surface area contributed by atoms with Crippen molar-refractivity contribution in [1.82, 2.24) is 0 Å². The Hall–Kier alpha value is -0.350. The Balaban J connectivity index is 2.39. The van der Waals surface area contributed by atoms with E-state index in [9.17, 15) is 8.42 Å². The van der Waals surface area contributed by atoms with Crippen LogP contribution in [0.25, 0.3) is 0 Å². The molecule has 0 saturated carbocycles. The first-order valence-corrected chi connectivity index (χ1v) is 6.64. The lowest BCUT2D eigenvalue weighted by molar-refractivity contribution is 0.577. The van der Waals surface area contributed by atoms with Gasteiger partial charge in [0.2, 0.25) is 0 Å². The highest BCUT2D eigenvalue weighted by molar-refractivity contribution is 7.90. The van der Waals surface area contributed by atoms with Crippen molar-refractivity contribution in [2.45, 2.75) is 31.7 Å². The van der Waals surface area contributed by atoms with Crippen molar-refractivity contribution < 1.29 is 8.42 Å². The molecule has 0 aromatic rings. The molecular weight excluding hydrogens is 186 g/mol. The molecule has 1 atom stereocenters. The number of sulfone groups is 1. The summed E-state index contributed by atoms with van der Waals surface area (Å²) in [6.07, 6.45) is 6.93. The third kappa shape index (κ3) is 4.43. The average Bonchev–Trinajstić information content (AvgIpc) is 2.02. The molecule has 0 heterocycles. The lowest BCUT2D eigenvalue weighted by Crippen LogP contribution is -2.22. The highest BCUT2D eigenvalue weighted by atomic mass is 32.2. The van der Waals surface area contributed by atoms with Gasteiger partial charge in [0, 0.05) is 12.3 Å². The standard InChI is InChI=1S/C9H17NO2S/c1-13(11,12)7-6-8-2-4-9(10)5-3-8/h2,9H,3-7,10H2,1H3. The van der Waals surface area contributed by atoms with Crippen molar-refractivity contribution in [3.05, 3.63) is 11.6 Å². The van der Waals surface area contributed by atoms with Crippen molar-refractivity contribution in [2.24, 2.45) is 5.73 Å². The van der Waals surface area contributed by atoms with Crippen LogP contribution in [0.1, 0.15) is 25.7 Å². The molecule has 1 aliphatic rings. The number of rotatable bonds is 3. The molecule has 2 N–H and O–H groups in total. The Labute approximate surface area is 79.9 Å². The second kappa shape index (κ2) is 4.24. The fourth-order valence-electron chi connectivity index (χ4n) is 1.45. The summed E-state index contributed by atoms with van der Waals surface area (Å²) in [5, 5.41) is 0. The van der Waals surface area contributed by atoms with Gasteiger partial charge in [0.15, 0.2) is 0 Å². The Kier molecular flexibility index (Phi) is 3.50. The van der Waals surface area contributed by atoms with Gasteiger partial charge in [-0.25, -0.2) is 8.42 Å². The molecule has 1 aliphatic carbocycles. The first-order valence-electron chi connectivity index (χ1n) is 4.58. The zero-order valence-electron chi connectivity index (χ0n) is 7.99. The largest absolute Gasteiger partial charge is 0.327 e. The summed E-state index contributed by atoms with van der Waals surface area (Å²) in [6, 6.07) is 0.280. The first-order chi connectivity index (χ1) is 5.97. The molecule has 13 heavy (non-hydrogen) atoms. The summed E-state index contributed by atoms with van der Waals surface area (Å²) >= 11 is 0. The summed E-state index contributed by atoms with van der Waals surface area (Å²) < 4.78 is 21.8. The van der Waals surface area contributed by atoms with E-state index >= 15 is 0 Å². The van der Waals surface area contributed by atoms with E-state index in [1.54, 1.807) is 0 Å². The van der Waals surface area contributed by atoms with Gasteiger partial charge in [0.1, 0.15) is 9.84 Å². The van der Waals surface area contributed by atoms with Gasteiger partial charge < -0.3 is 5.73 Å². The fraction of sp³-hybridized carbons (Fsp3) is 0.778. The van der Waals surface area contributed by atoms with Crippen LogP contribution in [0.15, 0.2) is 11.6 Å². The summed E-state index contributed by atoms with van der Waals surface area (Å²) in [5.74, 6) is 0.272. The first kappa shape index (κ1) is 10.7. The van der Waals surface area contributed by atoms with E-state index in [1.165, 1.54) is 11.8 Å². The predicted molar refractivity (Wildman–Crippen MR) is 54.2 cm³/mol. The fourth-order valence-corrected chi connectivity index (χ4v) is 2.09. The van der Waals surface area contributed by atoms with E-state index < -0.39 is 9.84 Å². The molecule has 0 amide bonds. The molecule has 0 radical (unpaired) electrons. The van der Waals surface area contributed by atoms with E-state index in [1.807, 2.05) is 0 Å². The van der Waals surface area contributed by atoms with Gasteiger partial charge in [-0.15, -0.1) is 0 Å².